The molecule has 1 aliphatic heterocycles. The third-order valence-electron chi connectivity index (χ3n) is 6.50. The Morgan fingerprint density at radius 3 is 2.28 bits per heavy atom. The average molecular weight is 399 g/mol. The van der Waals surface area contributed by atoms with Crippen molar-refractivity contribution in [1.82, 2.24) is 0 Å². The number of ether oxygens (including phenoxy) is 1. The molecule has 0 bridgehead atoms. The maximum atomic E-state index is 12.9. The van der Waals surface area contributed by atoms with Gasteiger partial charge in [-0.05, 0) is 35.3 Å². The summed E-state index contributed by atoms with van der Waals surface area (Å²) in [5.74, 6) is -2.46. The zero-order valence-corrected chi connectivity index (χ0v) is 18.2. The van der Waals surface area contributed by atoms with E-state index in [0.717, 1.165) is 18.4 Å². The van der Waals surface area contributed by atoms with Crippen molar-refractivity contribution in [2.45, 2.75) is 84.2 Å². The van der Waals surface area contributed by atoms with Crippen LogP contribution in [0.2, 0.25) is 0 Å². The smallest absolute Gasteiger partial charge is 0.325 e. The van der Waals surface area contributed by atoms with Crippen LogP contribution in [0.4, 0.5) is 0 Å². The van der Waals surface area contributed by atoms with E-state index in [2.05, 4.69) is 32.9 Å². The van der Waals surface area contributed by atoms with E-state index in [4.69, 9.17) is 4.74 Å². The number of ketones is 2. The highest BCUT2D eigenvalue weighted by molar-refractivity contribution is 6.22. The molecule has 3 rings (SSSR count). The molecule has 1 aromatic rings. The van der Waals surface area contributed by atoms with Gasteiger partial charge in [-0.3, -0.25) is 14.4 Å². The molecule has 1 saturated heterocycles. The molecule has 1 unspecified atom stereocenters. The second-order valence-electron chi connectivity index (χ2n) is 9.96. The fraction of sp³-hybridized carbons (Fsp3) is 0.640. The van der Waals surface area contributed by atoms with Crippen LogP contribution in [0.5, 0.6) is 0 Å². The van der Waals surface area contributed by atoms with E-state index in [0.29, 0.717) is 18.8 Å². The Morgan fingerprint density at radius 1 is 1.07 bits per heavy atom. The molecule has 1 heterocycles. The number of esters is 1. The van der Waals surface area contributed by atoms with Crippen LogP contribution < -0.4 is 0 Å². The summed E-state index contributed by atoms with van der Waals surface area (Å²) >= 11 is 0. The van der Waals surface area contributed by atoms with Gasteiger partial charge in [0.2, 0.25) is 0 Å². The number of hydrogen-bond donors (Lipinski definition) is 0. The summed E-state index contributed by atoms with van der Waals surface area (Å²) < 4.78 is 5.35. The maximum Gasteiger partial charge on any atom is 0.325 e. The van der Waals surface area contributed by atoms with Gasteiger partial charge in [-0.1, -0.05) is 84.1 Å². The molecule has 29 heavy (non-hydrogen) atoms. The Labute approximate surface area is 174 Å². The largest absolute Gasteiger partial charge is 0.453 e. The van der Waals surface area contributed by atoms with E-state index in [1.54, 1.807) is 6.92 Å². The van der Waals surface area contributed by atoms with Crippen molar-refractivity contribution in [2.75, 3.05) is 0 Å². The minimum atomic E-state index is -1.23. The van der Waals surface area contributed by atoms with Crippen LogP contribution >= 0.6 is 0 Å². The third-order valence-corrected chi connectivity index (χ3v) is 6.50. The van der Waals surface area contributed by atoms with Crippen molar-refractivity contribution in [1.29, 1.82) is 0 Å². The molecule has 0 N–H and O–H groups in total. The fourth-order valence-electron chi connectivity index (χ4n) is 4.59. The number of cyclic esters (lactones) is 1. The zero-order valence-electron chi connectivity index (χ0n) is 18.2. The van der Waals surface area contributed by atoms with Crippen LogP contribution in [0, 0.1) is 17.8 Å². The minimum absolute atomic E-state index is 0.0767. The summed E-state index contributed by atoms with van der Waals surface area (Å²) in [5.41, 5.74) is 2.35. The number of rotatable bonds is 6. The first-order valence-corrected chi connectivity index (χ1v) is 11.0. The van der Waals surface area contributed by atoms with Gasteiger partial charge >= 0.3 is 5.97 Å². The average Bonchev–Trinajstić information content (AvgIpc) is 2.95. The summed E-state index contributed by atoms with van der Waals surface area (Å²) in [4.78, 5) is 38.0. The molecular weight excluding hydrogens is 364 g/mol. The lowest BCUT2D eigenvalue weighted by atomic mass is 9.82. The van der Waals surface area contributed by atoms with Crippen molar-refractivity contribution in [2.24, 2.45) is 17.8 Å². The molecular formula is C25H34O4. The van der Waals surface area contributed by atoms with Crippen LogP contribution in [0.3, 0.4) is 0 Å². The maximum absolute atomic E-state index is 12.9. The first-order valence-electron chi connectivity index (χ1n) is 11.0. The van der Waals surface area contributed by atoms with Gasteiger partial charge in [-0.2, -0.15) is 0 Å². The standard InChI is InChI=1S/C25H34O4/c1-16(14-18-10-12-19(13-11-18)25(2,3)4)22(26)21-23(27)20(29-24(21)28)15-17-8-6-5-7-9-17/h10-13,16-17,20-21H,5-9,14-15H2,1-4H3/t16-,20+,21?/m1/s1. The molecule has 2 aliphatic rings. The molecule has 0 aromatic heterocycles. The number of benzene rings is 1. The van der Waals surface area contributed by atoms with Crippen molar-refractivity contribution in [3.8, 4) is 0 Å². The van der Waals surface area contributed by atoms with Crippen LogP contribution in [0.25, 0.3) is 0 Å². The van der Waals surface area contributed by atoms with E-state index >= 15 is 0 Å². The van der Waals surface area contributed by atoms with E-state index < -0.39 is 23.9 Å². The molecule has 3 atom stereocenters. The zero-order chi connectivity index (χ0) is 21.2. The van der Waals surface area contributed by atoms with E-state index in [-0.39, 0.29) is 17.0 Å². The number of hydrogen-bond acceptors (Lipinski definition) is 4. The van der Waals surface area contributed by atoms with Crippen LogP contribution in [0.15, 0.2) is 24.3 Å². The second kappa shape index (κ2) is 8.81. The van der Waals surface area contributed by atoms with Gasteiger partial charge in [0.25, 0.3) is 0 Å². The summed E-state index contributed by atoms with van der Waals surface area (Å²) in [7, 11) is 0. The number of Topliss-reactive ketones (excluding diaryl/α,β-unsaturated/α-hetero) is 2. The summed E-state index contributed by atoms with van der Waals surface area (Å²) in [6.45, 7) is 8.29. The topological polar surface area (TPSA) is 60.4 Å². The third kappa shape index (κ3) is 5.15. The molecule has 0 radical (unpaired) electrons. The highest BCUT2D eigenvalue weighted by Crippen LogP contribution is 2.32. The molecule has 2 fully saturated rings. The summed E-state index contributed by atoms with van der Waals surface area (Å²) in [6, 6.07) is 8.24. The summed E-state index contributed by atoms with van der Waals surface area (Å²) in [5, 5.41) is 0. The Balaban J connectivity index is 1.61. The lowest BCUT2D eigenvalue weighted by Gasteiger charge is -2.23. The van der Waals surface area contributed by atoms with Gasteiger partial charge in [0.1, 0.15) is 0 Å². The molecule has 0 spiro atoms. The molecule has 1 aliphatic carbocycles. The fourth-order valence-corrected chi connectivity index (χ4v) is 4.59. The van der Waals surface area contributed by atoms with Crippen LogP contribution in [0.1, 0.15) is 77.3 Å². The molecule has 4 nitrogen and oxygen atoms in total. The predicted molar refractivity (Wildman–Crippen MR) is 113 cm³/mol. The van der Waals surface area contributed by atoms with Crippen LogP contribution in [-0.4, -0.2) is 23.6 Å². The van der Waals surface area contributed by atoms with Crippen molar-refractivity contribution in [3.63, 3.8) is 0 Å². The van der Waals surface area contributed by atoms with E-state index in [1.165, 1.54) is 24.8 Å². The molecule has 4 heteroatoms. The van der Waals surface area contributed by atoms with Gasteiger partial charge in [-0.25, -0.2) is 0 Å². The Bertz CT molecular complexity index is 750. The first kappa shape index (κ1) is 21.7. The Hall–Kier alpha value is -1.97. The normalized spacial score (nSPS) is 24.4. The molecule has 1 aromatic carbocycles. The van der Waals surface area contributed by atoms with Gasteiger partial charge in [0, 0.05) is 5.92 Å². The van der Waals surface area contributed by atoms with Crippen molar-refractivity contribution in [3.05, 3.63) is 35.4 Å². The van der Waals surface area contributed by atoms with Crippen LogP contribution in [-0.2, 0) is 31.0 Å². The highest BCUT2D eigenvalue weighted by Gasteiger charge is 2.49. The van der Waals surface area contributed by atoms with Gasteiger partial charge < -0.3 is 4.74 Å². The van der Waals surface area contributed by atoms with Gasteiger partial charge in [0.05, 0.1) is 0 Å². The molecule has 158 valence electrons. The van der Waals surface area contributed by atoms with Gasteiger partial charge in [-0.15, -0.1) is 0 Å². The summed E-state index contributed by atoms with van der Waals surface area (Å²) in [6.07, 6.45) is 6.13. The van der Waals surface area contributed by atoms with E-state index in [1.807, 2.05) is 12.1 Å². The minimum Gasteiger partial charge on any atom is -0.453 e. The predicted octanol–water partition coefficient (Wildman–Crippen LogP) is 4.81. The molecule has 1 saturated carbocycles. The first-order chi connectivity index (χ1) is 13.7. The van der Waals surface area contributed by atoms with Gasteiger partial charge in [0.15, 0.2) is 23.6 Å². The monoisotopic (exact) mass is 398 g/mol. The van der Waals surface area contributed by atoms with Crippen molar-refractivity contribution >= 4 is 17.5 Å². The quantitative estimate of drug-likeness (QED) is 0.509. The highest BCUT2D eigenvalue weighted by atomic mass is 16.6. The lowest BCUT2D eigenvalue weighted by molar-refractivity contribution is -0.148. The van der Waals surface area contributed by atoms with E-state index in [9.17, 15) is 14.4 Å². The van der Waals surface area contributed by atoms with Crippen molar-refractivity contribution < 1.29 is 19.1 Å². The number of carbonyl (C=O) groups excluding carboxylic acids is 3. The molecule has 0 amide bonds. The Kier molecular flexibility index (Phi) is 6.60. The Morgan fingerprint density at radius 2 is 1.69 bits per heavy atom. The second-order valence-corrected chi connectivity index (χ2v) is 9.96. The number of carbonyl (C=O) groups is 3. The SMILES string of the molecule is C[C@H](Cc1ccc(C(C)(C)C)cc1)C(=O)C1C(=O)O[C@@H](CC2CCCCC2)C1=O. The lowest BCUT2D eigenvalue weighted by Crippen LogP contribution is -2.33.